The van der Waals surface area contributed by atoms with Crippen molar-refractivity contribution in [3.63, 3.8) is 0 Å². The van der Waals surface area contributed by atoms with Crippen molar-refractivity contribution in [1.29, 1.82) is 0 Å². The quantitative estimate of drug-likeness (QED) is 0.569. The van der Waals surface area contributed by atoms with Gasteiger partial charge in [0.1, 0.15) is 5.52 Å². The predicted molar refractivity (Wildman–Crippen MR) is 89.2 cm³/mol. The van der Waals surface area contributed by atoms with E-state index >= 15 is 0 Å². The number of thioether (sulfide) groups is 1. The molecule has 0 aliphatic carbocycles. The normalized spacial score (nSPS) is 11.2. The van der Waals surface area contributed by atoms with Crippen molar-refractivity contribution in [2.75, 3.05) is 11.5 Å². The summed E-state index contributed by atoms with van der Waals surface area (Å²) in [4.78, 5) is 23.7. The second-order valence-corrected chi connectivity index (χ2v) is 6.26. The highest BCUT2D eigenvalue weighted by Gasteiger charge is 2.14. The Kier molecular flexibility index (Phi) is 3.89. The molecule has 1 aromatic carbocycles. The molecule has 3 aromatic rings. The average molecular weight is 315 g/mol. The van der Waals surface area contributed by atoms with Crippen molar-refractivity contribution in [3.05, 3.63) is 45.9 Å². The third-order valence-electron chi connectivity index (χ3n) is 3.33. The number of benzene rings is 1. The number of nitrogen functional groups attached to an aromatic ring is 1. The minimum Gasteiger partial charge on any atom is -0.382 e. The van der Waals surface area contributed by atoms with Crippen molar-refractivity contribution >= 4 is 28.7 Å². The number of nitrogens with one attached hydrogen (secondary N) is 1. The van der Waals surface area contributed by atoms with E-state index in [2.05, 4.69) is 21.0 Å². The maximum Gasteiger partial charge on any atom is 0.328 e. The molecule has 0 saturated heterocycles. The van der Waals surface area contributed by atoms with Crippen LogP contribution in [0.5, 0.6) is 0 Å². The lowest BCUT2D eigenvalue weighted by atomic mass is 10.1. The molecule has 0 aliphatic rings. The van der Waals surface area contributed by atoms with E-state index in [9.17, 15) is 4.79 Å². The molecule has 2 heterocycles. The minimum absolute atomic E-state index is 0.226. The number of fused-ring (bicyclic) bond motifs is 1. The van der Waals surface area contributed by atoms with Crippen LogP contribution in [0, 0.1) is 6.92 Å². The summed E-state index contributed by atoms with van der Waals surface area (Å²) < 4.78 is 1.60. The summed E-state index contributed by atoms with van der Waals surface area (Å²) in [5.74, 6) is 1.15. The lowest BCUT2D eigenvalue weighted by Gasteiger charge is -2.06. The Hall–Kier alpha value is -2.28. The Morgan fingerprint density at radius 2 is 2.18 bits per heavy atom. The molecule has 0 atom stereocenters. The lowest BCUT2D eigenvalue weighted by molar-refractivity contribution is 0.771. The topological polar surface area (TPSA) is 89.6 Å². The van der Waals surface area contributed by atoms with Crippen LogP contribution in [-0.4, -0.2) is 25.3 Å². The first-order chi connectivity index (χ1) is 10.6. The highest BCUT2D eigenvalue weighted by Crippen LogP contribution is 2.20. The molecule has 6 nitrogen and oxygen atoms in total. The minimum atomic E-state index is -0.226. The number of hydrogen-bond acceptors (Lipinski definition) is 5. The molecule has 3 rings (SSSR count). The summed E-state index contributed by atoms with van der Waals surface area (Å²) in [6, 6.07) is 8.05. The number of nitrogens with two attached hydrogens (primary N) is 1. The molecular weight excluding hydrogens is 298 g/mol. The van der Waals surface area contributed by atoms with E-state index in [1.807, 2.05) is 32.0 Å². The summed E-state index contributed by atoms with van der Waals surface area (Å²) in [6.45, 7) is 4.50. The maximum absolute atomic E-state index is 12.2. The average Bonchev–Trinajstić information content (AvgIpc) is 2.77. The molecular formula is C15H17N5OS. The van der Waals surface area contributed by atoms with E-state index in [-0.39, 0.29) is 5.69 Å². The van der Waals surface area contributed by atoms with Gasteiger partial charge in [-0.25, -0.2) is 14.8 Å². The third-order valence-corrected chi connectivity index (χ3v) is 4.06. The zero-order valence-electron chi connectivity index (χ0n) is 12.5. The molecule has 0 amide bonds. The summed E-state index contributed by atoms with van der Waals surface area (Å²) in [5, 5.41) is 0.587. The van der Waals surface area contributed by atoms with E-state index in [0.29, 0.717) is 28.7 Å². The third kappa shape index (κ3) is 2.71. The first-order valence-electron chi connectivity index (χ1n) is 7.03. The summed E-state index contributed by atoms with van der Waals surface area (Å²) >= 11 is 1.50. The highest BCUT2D eigenvalue weighted by molar-refractivity contribution is 7.99. The highest BCUT2D eigenvalue weighted by atomic mass is 32.2. The van der Waals surface area contributed by atoms with Crippen LogP contribution >= 0.6 is 11.8 Å². The SMILES string of the molecule is CCSc1nc(N)c2[nH]c(=O)n(Cc3cccc(C)c3)c2n1. The molecule has 0 fully saturated rings. The number of H-pyrrole nitrogens is 1. The van der Waals surface area contributed by atoms with E-state index < -0.39 is 0 Å². The predicted octanol–water partition coefficient (Wildman–Crippen LogP) is 2.17. The second-order valence-electron chi connectivity index (χ2n) is 5.03. The van der Waals surface area contributed by atoms with Crippen LogP contribution in [0.25, 0.3) is 11.2 Å². The summed E-state index contributed by atoms with van der Waals surface area (Å²) in [6.07, 6.45) is 0. The maximum atomic E-state index is 12.2. The van der Waals surface area contributed by atoms with Gasteiger partial charge in [-0.15, -0.1) is 0 Å². The monoisotopic (exact) mass is 315 g/mol. The van der Waals surface area contributed by atoms with Gasteiger partial charge in [0.05, 0.1) is 6.54 Å². The fourth-order valence-corrected chi connectivity index (χ4v) is 2.94. The molecule has 0 bridgehead atoms. The molecule has 0 spiro atoms. The number of aryl methyl sites for hydroxylation is 1. The van der Waals surface area contributed by atoms with Crippen LogP contribution in [0.3, 0.4) is 0 Å². The van der Waals surface area contributed by atoms with Crippen LogP contribution < -0.4 is 11.4 Å². The van der Waals surface area contributed by atoms with Crippen LogP contribution in [0.15, 0.2) is 34.2 Å². The lowest BCUT2D eigenvalue weighted by Crippen LogP contribution is -2.17. The fourth-order valence-electron chi connectivity index (χ4n) is 2.36. The van der Waals surface area contributed by atoms with E-state index in [1.54, 1.807) is 4.57 Å². The van der Waals surface area contributed by atoms with Gasteiger partial charge in [0.25, 0.3) is 0 Å². The zero-order chi connectivity index (χ0) is 15.7. The molecule has 3 N–H and O–H groups in total. The first-order valence-corrected chi connectivity index (χ1v) is 8.01. The molecule has 114 valence electrons. The van der Waals surface area contributed by atoms with Gasteiger partial charge in [-0.1, -0.05) is 48.5 Å². The van der Waals surface area contributed by atoms with Crippen LogP contribution in [0.4, 0.5) is 5.82 Å². The van der Waals surface area contributed by atoms with E-state index in [4.69, 9.17) is 5.73 Å². The number of aromatic nitrogens is 4. The van der Waals surface area contributed by atoms with Crippen molar-refractivity contribution in [3.8, 4) is 0 Å². The number of nitrogens with zero attached hydrogens (tertiary/aromatic N) is 3. The van der Waals surface area contributed by atoms with E-state index in [1.165, 1.54) is 11.8 Å². The standard InChI is InChI=1S/C15H17N5OS/c1-3-22-14-18-12(16)11-13(19-14)20(15(21)17-11)8-10-6-4-5-9(2)7-10/h4-7H,3,8H2,1-2H3,(H,17,21)(H2,16,18,19). The van der Waals surface area contributed by atoms with Crippen molar-refractivity contribution in [2.24, 2.45) is 0 Å². The number of anilines is 1. The number of aromatic amines is 1. The molecule has 0 radical (unpaired) electrons. The smallest absolute Gasteiger partial charge is 0.328 e. The fraction of sp³-hybridized carbons (Fsp3) is 0.267. The van der Waals surface area contributed by atoms with Crippen molar-refractivity contribution in [2.45, 2.75) is 25.5 Å². The Morgan fingerprint density at radius 1 is 1.36 bits per heavy atom. The largest absolute Gasteiger partial charge is 0.382 e. The van der Waals surface area contributed by atoms with Crippen LogP contribution in [0.1, 0.15) is 18.1 Å². The van der Waals surface area contributed by atoms with Gasteiger partial charge >= 0.3 is 5.69 Å². The van der Waals surface area contributed by atoms with Gasteiger partial charge in [-0.3, -0.25) is 4.57 Å². The Bertz CT molecular complexity index is 883. The van der Waals surface area contributed by atoms with Gasteiger partial charge in [-0.2, -0.15) is 0 Å². The van der Waals surface area contributed by atoms with Gasteiger partial charge in [0.2, 0.25) is 0 Å². The van der Waals surface area contributed by atoms with Gasteiger partial charge in [0.15, 0.2) is 16.6 Å². The zero-order valence-corrected chi connectivity index (χ0v) is 13.3. The molecule has 2 aromatic heterocycles. The van der Waals surface area contributed by atoms with E-state index in [0.717, 1.165) is 16.9 Å². The number of imidazole rings is 1. The van der Waals surface area contributed by atoms with Crippen LogP contribution in [-0.2, 0) is 6.54 Å². The summed E-state index contributed by atoms with van der Waals surface area (Å²) in [5.41, 5.74) is 8.96. The Balaban J connectivity index is 2.12. The Morgan fingerprint density at radius 3 is 2.91 bits per heavy atom. The molecule has 0 unspecified atom stereocenters. The van der Waals surface area contributed by atoms with Crippen molar-refractivity contribution < 1.29 is 0 Å². The van der Waals surface area contributed by atoms with Crippen LogP contribution in [0.2, 0.25) is 0 Å². The first kappa shape index (κ1) is 14.6. The van der Waals surface area contributed by atoms with Gasteiger partial charge < -0.3 is 10.7 Å². The molecule has 7 heteroatoms. The molecule has 0 saturated carbocycles. The number of hydrogen-bond donors (Lipinski definition) is 2. The molecule has 22 heavy (non-hydrogen) atoms. The van der Waals surface area contributed by atoms with Crippen molar-refractivity contribution in [1.82, 2.24) is 19.5 Å². The second kappa shape index (κ2) is 5.84. The number of rotatable bonds is 4. The van der Waals surface area contributed by atoms with Gasteiger partial charge in [0, 0.05) is 0 Å². The molecule has 0 aliphatic heterocycles. The summed E-state index contributed by atoms with van der Waals surface area (Å²) in [7, 11) is 0. The Labute approximate surface area is 131 Å². The van der Waals surface area contributed by atoms with Gasteiger partial charge in [-0.05, 0) is 18.2 Å².